The molecule has 0 aromatic carbocycles. The Hall–Kier alpha value is -0.783. The maximum atomic E-state index is 12.1. The van der Waals surface area contributed by atoms with E-state index in [1.54, 1.807) is 0 Å². The van der Waals surface area contributed by atoms with E-state index in [1.807, 2.05) is 0 Å². The van der Waals surface area contributed by atoms with Crippen LogP contribution in [0.2, 0.25) is 0 Å². The van der Waals surface area contributed by atoms with Crippen LogP contribution in [0.5, 0.6) is 0 Å². The fourth-order valence-corrected chi connectivity index (χ4v) is 2.79. The van der Waals surface area contributed by atoms with Gasteiger partial charge in [-0.3, -0.25) is 0 Å². The first-order valence-electron chi connectivity index (χ1n) is 5.65. The number of halogens is 12. The van der Waals surface area contributed by atoms with Crippen LogP contribution in [0.25, 0.3) is 0 Å². The summed E-state index contributed by atoms with van der Waals surface area (Å²) in [4.78, 5) is 0. The van der Waals surface area contributed by atoms with E-state index in [4.69, 9.17) is 0 Å². The molecule has 0 aliphatic rings. The average Bonchev–Trinajstić information content (AvgIpc) is 2.33. The minimum absolute atomic E-state index is 2.56. The summed E-state index contributed by atoms with van der Waals surface area (Å²) >= 11 is 0. The zero-order chi connectivity index (χ0) is 20.2. The van der Waals surface area contributed by atoms with Crippen LogP contribution in [-0.2, 0) is 17.7 Å². The Bertz CT molecular complexity index is 322. The maximum absolute atomic E-state index is 12.1. The zero-order valence-corrected chi connectivity index (χ0v) is 12.5. The summed E-state index contributed by atoms with van der Waals surface area (Å²) in [5.41, 5.74) is 0. The molecule has 0 aromatic rings. The molecule has 0 spiro atoms. The first-order chi connectivity index (χ1) is 10.8. The zero-order valence-electron chi connectivity index (χ0n) is 11.5. The summed E-state index contributed by atoms with van der Waals surface area (Å²) in [7, 11) is -6.11. The summed E-state index contributed by atoms with van der Waals surface area (Å²) in [5.74, 6) is 0. The van der Waals surface area contributed by atoms with Crippen LogP contribution in [0.4, 0.5) is 52.7 Å². The number of hydrogen-bond donors (Lipinski definition) is 0. The molecule has 17 heteroatoms. The van der Waals surface area contributed by atoms with Gasteiger partial charge in [-0.05, 0) is 0 Å². The Balaban J connectivity index is 5.41. The van der Waals surface area contributed by atoms with Gasteiger partial charge in [0.2, 0.25) is 0 Å². The van der Waals surface area contributed by atoms with Crippen LogP contribution in [0, 0.1) is 0 Å². The van der Waals surface area contributed by atoms with Gasteiger partial charge in [0.05, 0.1) is 0 Å². The minimum Gasteiger partial charge on any atom is -0.342 e. The molecule has 0 amide bonds. The molecule has 0 saturated carbocycles. The van der Waals surface area contributed by atoms with E-state index in [-0.39, 0.29) is 0 Å². The molecule has 0 saturated heterocycles. The smallest absolute Gasteiger partial charge is 0.342 e. The first kappa shape index (κ1) is 24.2. The van der Waals surface area contributed by atoms with Gasteiger partial charge in [0, 0.05) is 0 Å². The Morgan fingerprint density at radius 1 is 0.400 bits per heavy atom. The molecule has 0 radical (unpaired) electrons. The fourth-order valence-electron chi connectivity index (χ4n) is 0.931. The highest BCUT2D eigenvalue weighted by atomic mass is 28.4. The van der Waals surface area contributed by atoms with Crippen LogP contribution in [0.1, 0.15) is 0 Å². The van der Waals surface area contributed by atoms with E-state index < -0.39 is 60.2 Å². The minimum atomic E-state index is -6.11. The third kappa shape index (κ3) is 14.1. The lowest BCUT2D eigenvalue weighted by Gasteiger charge is -2.29. The summed E-state index contributed by atoms with van der Waals surface area (Å²) in [6, 6.07) is 0. The standard InChI is InChI=1S/C8H8F12O4Si/c9-5(10,11)1-21-25(22-2-6(12,13)14,23-3-7(15,16)17)24-4-8(18,19)20/h1-4H2. The highest BCUT2D eigenvalue weighted by molar-refractivity contribution is 6.53. The van der Waals surface area contributed by atoms with Gasteiger partial charge >= 0.3 is 33.8 Å². The van der Waals surface area contributed by atoms with E-state index in [2.05, 4.69) is 17.7 Å². The molecule has 0 atom stereocenters. The first-order valence-corrected chi connectivity index (χ1v) is 7.29. The van der Waals surface area contributed by atoms with E-state index >= 15 is 0 Å². The molecule has 0 N–H and O–H groups in total. The molecule has 0 bridgehead atoms. The van der Waals surface area contributed by atoms with Crippen molar-refractivity contribution in [1.29, 1.82) is 0 Å². The lowest BCUT2D eigenvalue weighted by atomic mass is 10.7. The molecular formula is C8H8F12O4Si. The van der Waals surface area contributed by atoms with E-state index in [0.717, 1.165) is 0 Å². The molecular weight excluding hydrogens is 416 g/mol. The third-order valence-corrected chi connectivity index (χ3v) is 3.64. The highest BCUT2D eigenvalue weighted by Crippen LogP contribution is 2.27. The van der Waals surface area contributed by atoms with Crippen molar-refractivity contribution in [3.05, 3.63) is 0 Å². The van der Waals surface area contributed by atoms with Crippen molar-refractivity contribution in [1.82, 2.24) is 0 Å². The molecule has 0 aliphatic carbocycles. The molecule has 4 nitrogen and oxygen atoms in total. The quantitative estimate of drug-likeness (QED) is 0.440. The molecule has 0 aliphatic heterocycles. The van der Waals surface area contributed by atoms with Crippen LogP contribution < -0.4 is 0 Å². The molecule has 25 heavy (non-hydrogen) atoms. The number of rotatable bonds is 8. The second kappa shape index (κ2) is 8.27. The van der Waals surface area contributed by atoms with Crippen LogP contribution in [0.3, 0.4) is 0 Å². The Labute approximate surface area is 132 Å². The topological polar surface area (TPSA) is 36.9 Å². The number of hydrogen-bond acceptors (Lipinski definition) is 4. The van der Waals surface area contributed by atoms with Gasteiger partial charge in [0.1, 0.15) is 26.4 Å². The average molecular weight is 424 g/mol. The van der Waals surface area contributed by atoms with Crippen molar-refractivity contribution in [3.63, 3.8) is 0 Å². The predicted molar refractivity (Wildman–Crippen MR) is 53.8 cm³/mol. The van der Waals surface area contributed by atoms with Gasteiger partial charge in [-0.25, -0.2) is 0 Å². The van der Waals surface area contributed by atoms with Crippen molar-refractivity contribution < 1.29 is 70.4 Å². The van der Waals surface area contributed by atoms with E-state index in [9.17, 15) is 52.7 Å². The second-order valence-electron chi connectivity index (χ2n) is 4.12. The van der Waals surface area contributed by atoms with Crippen molar-refractivity contribution in [2.24, 2.45) is 0 Å². The van der Waals surface area contributed by atoms with Crippen molar-refractivity contribution >= 4 is 9.05 Å². The normalized spacial score (nSPS) is 14.9. The second-order valence-corrected chi connectivity index (χ2v) is 6.27. The van der Waals surface area contributed by atoms with Gasteiger partial charge in [-0.2, -0.15) is 52.7 Å². The van der Waals surface area contributed by atoms with Crippen LogP contribution >= 0.6 is 0 Å². The molecule has 0 heterocycles. The van der Waals surface area contributed by atoms with Crippen molar-refractivity contribution in [2.45, 2.75) is 24.7 Å². The van der Waals surface area contributed by atoms with Crippen molar-refractivity contribution in [3.8, 4) is 0 Å². The summed E-state index contributed by atoms with van der Waals surface area (Å²) in [6.45, 7) is -10.3. The Morgan fingerprint density at radius 2 is 0.560 bits per heavy atom. The summed E-state index contributed by atoms with van der Waals surface area (Å²) in [6.07, 6.45) is -21.3. The Morgan fingerprint density at radius 3 is 0.680 bits per heavy atom. The lowest BCUT2D eigenvalue weighted by Crippen LogP contribution is -2.54. The van der Waals surface area contributed by atoms with Gasteiger partial charge < -0.3 is 17.7 Å². The fraction of sp³-hybridized carbons (Fsp3) is 1.00. The van der Waals surface area contributed by atoms with Gasteiger partial charge in [-0.1, -0.05) is 0 Å². The molecule has 0 rings (SSSR count). The summed E-state index contributed by atoms with van der Waals surface area (Å²) < 4.78 is 159. The van der Waals surface area contributed by atoms with Gasteiger partial charge in [0.15, 0.2) is 0 Å². The SMILES string of the molecule is FC(F)(F)CO[Si](OCC(F)(F)F)(OCC(F)(F)F)OCC(F)(F)F. The van der Waals surface area contributed by atoms with Gasteiger partial charge in [0.25, 0.3) is 0 Å². The Kier molecular flexibility index (Phi) is 8.01. The number of alkyl halides is 12. The van der Waals surface area contributed by atoms with Gasteiger partial charge in [-0.15, -0.1) is 0 Å². The monoisotopic (exact) mass is 424 g/mol. The predicted octanol–water partition coefficient (Wildman–Crippen LogP) is 3.74. The van der Waals surface area contributed by atoms with Crippen LogP contribution in [-0.4, -0.2) is 60.2 Å². The summed E-state index contributed by atoms with van der Waals surface area (Å²) in [5, 5.41) is 0. The molecule has 0 aromatic heterocycles. The third-order valence-electron chi connectivity index (χ3n) is 1.65. The van der Waals surface area contributed by atoms with Crippen molar-refractivity contribution in [2.75, 3.05) is 26.4 Å². The van der Waals surface area contributed by atoms with E-state index in [1.165, 1.54) is 0 Å². The van der Waals surface area contributed by atoms with Crippen LogP contribution in [0.15, 0.2) is 0 Å². The van der Waals surface area contributed by atoms with E-state index in [0.29, 0.717) is 0 Å². The lowest BCUT2D eigenvalue weighted by molar-refractivity contribution is -0.223. The maximum Gasteiger partial charge on any atom is 0.680 e. The molecule has 0 unspecified atom stereocenters. The highest BCUT2D eigenvalue weighted by Gasteiger charge is 2.54. The molecule has 0 fully saturated rings. The largest absolute Gasteiger partial charge is 0.680 e. The molecule has 152 valence electrons.